The summed E-state index contributed by atoms with van der Waals surface area (Å²) in [5.74, 6) is -0.0834. The molecule has 0 aromatic heterocycles. The first kappa shape index (κ1) is 12.7. The molecule has 0 saturated carbocycles. The van der Waals surface area contributed by atoms with Gasteiger partial charge in [0.05, 0.1) is 4.90 Å². The number of halogens is 1. The third-order valence-corrected chi connectivity index (χ3v) is 5.21. The zero-order valence-corrected chi connectivity index (χ0v) is 12.2. The Morgan fingerprint density at radius 2 is 1.48 bits per heavy atom. The molecule has 5 heteroatoms. The molecule has 21 heavy (non-hydrogen) atoms. The molecule has 0 unspecified atom stereocenters. The second kappa shape index (κ2) is 4.00. The van der Waals surface area contributed by atoms with Gasteiger partial charge in [-0.2, -0.15) is 0 Å². The summed E-state index contributed by atoms with van der Waals surface area (Å²) in [5.41, 5.74) is 0. The van der Waals surface area contributed by atoms with Crippen LogP contribution in [0.4, 0.5) is 0 Å². The Balaban J connectivity index is 2.42. The van der Waals surface area contributed by atoms with Crippen LogP contribution in [-0.2, 0) is 9.05 Å². The summed E-state index contributed by atoms with van der Waals surface area (Å²) in [6, 6.07) is 14.4. The molecule has 1 N–H and O–H groups in total. The Morgan fingerprint density at radius 3 is 2.10 bits per heavy atom. The Hall–Kier alpha value is -2.04. The largest absolute Gasteiger partial charge is 0.507 e. The fourth-order valence-corrected chi connectivity index (χ4v) is 4.05. The quantitative estimate of drug-likeness (QED) is 0.422. The van der Waals surface area contributed by atoms with Crippen molar-refractivity contribution in [3.8, 4) is 5.75 Å². The molecule has 0 aliphatic carbocycles. The Morgan fingerprint density at radius 1 is 0.857 bits per heavy atom. The van der Waals surface area contributed by atoms with E-state index in [0.717, 1.165) is 21.5 Å². The van der Waals surface area contributed by atoms with E-state index in [-0.39, 0.29) is 10.6 Å². The molecule has 4 rings (SSSR count). The van der Waals surface area contributed by atoms with Crippen molar-refractivity contribution in [2.75, 3.05) is 0 Å². The molecule has 0 bridgehead atoms. The minimum absolute atomic E-state index is 0.0626. The van der Waals surface area contributed by atoms with Crippen molar-refractivity contribution in [2.24, 2.45) is 0 Å². The number of rotatable bonds is 1. The molecular weight excluding hydrogens is 308 g/mol. The molecule has 3 nitrogen and oxygen atoms in total. The summed E-state index contributed by atoms with van der Waals surface area (Å²) in [6.07, 6.45) is 0. The zero-order valence-electron chi connectivity index (χ0n) is 10.7. The molecule has 0 amide bonds. The summed E-state index contributed by atoms with van der Waals surface area (Å²) in [6.45, 7) is 0. The average molecular weight is 317 g/mol. The Labute approximate surface area is 125 Å². The SMILES string of the molecule is O=S(=O)(Cl)c1cc(O)c2ccc3cccc4ccc1c2c34. The number of hydrogen-bond donors (Lipinski definition) is 1. The topological polar surface area (TPSA) is 54.4 Å². The molecule has 0 atom stereocenters. The van der Waals surface area contributed by atoms with E-state index in [4.69, 9.17) is 10.7 Å². The Bertz CT molecular complexity index is 1100. The highest BCUT2D eigenvalue weighted by atomic mass is 35.7. The third-order valence-electron chi connectivity index (χ3n) is 3.85. The van der Waals surface area contributed by atoms with Crippen LogP contribution in [0.15, 0.2) is 53.4 Å². The van der Waals surface area contributed by atoms with Crippen LogP contribution < -0.4 is 0 Å². The number of benzene rings is 4. The number of hydrogen-bond acceptors (Lipinski definition) is 3. The van der Waals surface area contributed by atoms with Crippen molar-refractivity contribution < 1.29 is 13.5 Å². The second-order valence-corrected chi connectivity index (χ2v) is 7.55. The molecule has 0 radical (unpaired) electrons. The lowest BCUT2D eigenvalue weighted by molar-refractivity contribution is 0.480. The highest BCUT2D eigenvalue weighted by Crippen LogP contribution is 2.41. The van der Waals surface area contributed by atoms with E-state index in [1.807, 2.05) is 30.3 Å². The molecule has 104 valence electrons. The van der Waals surface area contributed by atoms with E-state index in [9.17, 15) is 13.5 Å². The van der Waals surface area contributed by atoms with E-state index >= 15 is 0 Å². The van der Waals surface area contributed by atoms with Gasteiger partial charge in [-0.1, -0.05) is 42.5 Å². The van der Waals surface area contributed by atoms with Crippen LogP contribution in [0.3, 0.4) is 0 Å². The molecule has 0 saturated heterocycles. The van der Waals surface area contributed by atoms with Crippen LogP contribution in [0, 0.1) is 0 Å². The highest BCUT2D eigenvalue weighted by Gasteiger charge is 2.20. The third kappa shape index (κ3) is 1.69. The van der Waals surface area contributed by atoms with Crippen molar-refractivity contribution in [3.05, 3.63) is 48.5 Å². The zero-order chi connectivity index (χ0) is 14.8. The lowest BCUT2D eigenvalue weighted by Crippen LogP contribution is -1.94. The van der Waals surface area contributed by atoms with Gasteiger partial charge in [-0.15, -0.1) is 0 Å². The standard InChI is InChI=1S/C16H9ClO3S/c17-21(19,20)14-8-13(18)11-6-4-9-2-1-3-10-5-7-12(14)16(11)15(9)10/h1-8,18H. The van der Waals surface area contributed by atoms with E-state index in [1.165, 1.54) is 6.07 Å². The summed E-state index contributed by atoms with van der Waals surface area (Å²) < 4.78 is 23.6. The predicted octanol–water partition coefficient (Wildman–Crippen LogP) is 4.22. The second-order valence-electron chi connectivity index (χ2n) is 5.01. The molecule has 4 aromatic carbocycles. The highest BCUT2D eigenvalue weighted by molar-refractivity contribution is 8.14. The molecule has 0 fully saturated rings. The minimum atomic E-state index is -3.94. The summed E-state index contributed by atoms with van der Waals surface area (Å²) in [4.78, 5) is -0.0626. The van der Waals surface area contributed by atoms with Crippen LogP contribution in [0.5, 0.6) is 5.75 Å². The van der Waals surface area contributed by atoms with Gasteiger partial charge in [0.2, 0.25) is 0 Å². The van der Waals surface area contributed by atoms with E-state index in [2.05, 4.69) is 0 Å². The smallest absolute Gasteiger partial charge is 0.262 e. The van der Waals surface area contributed by atoms with Gasteiger partial charge in [-0.05, 0) is 16.2 Å². The first-order valence-electron chi connectivity index (χ1n) is 6.31. The number of phenols is 1. The van der Waals surface area contributed by atoms with Gasteiger partial charge < -0.3 is 5.11 Å². The molecule has 0 spiro atoms. The molecule has 4 aromatic rings. The van der Waals surface area contributed by atoms with Gasteiger partial charge in [0.15, 0.2) is 0 Å². The number of aromatic hydroxyl groups is 1. The first-order valence-corrected chi connectivity index (χ1v) is 8.62. The maximum Gasteiger partial charge on any atom is 0.262 e. The van der Waals surface area contributed by atoms with Crippen LogP contribution in [0.2, 0.25) is 0 Å². The van der Waals surface area contributed by atoms with Crippen LogP contribution in [0.1, 0.15) is 0 Å². The molecule has 0 aliphatic heterocycles. The van der Waals surface area contributed by atoms with E-state index in [1.54, 1.807) is 12.1 Å². The fourth-order valence-electron chi connectivity index (χ4n) is 2.98. The predicted molar refractivity (Wildman–Crippen MR) is 84.8 cm³/mol. The van der Waals surface area contributed by atoms with Gasteiger partial charge in [-0.25, -0.2) is 8.42 Å². The van der Waals surface area contributed by atoms with Gasteiger partial charge in [0.25, 0.3) is 9.05 Å². The molecule has 0 heterocycles. The fraction of sp³-hybridized carbons (Fsp3) is 0. The summed E-state index contributed by atoms with van der Waals surface area (Å²) in [5, 5.41) is 15.0. The van der Waals surface area contributed by atoms with Gasteiger partial charge >= 0.3 is 0 Å². The lowest BCUT2D eigenvalue weighted by atomic mass is 9.94. The van der Waals surface area contributed by atoms with E-state index < -0.39 is 9.05 Å². The first-order chi connectivity index (χ1) is 9.97. The molecular formula is C16H9ClO3S. The van der Waals surface area contributed by atoms with E-state index in [0.29, 0.717) is 10.8 Å². The van der Waals surface area contributed by atoms with Crippen molar-refractivity contribution in [1.29, 1.82) is 0 Å². The average Bonchev–Trinajstić information content (AvgIpc) is 2.45. The summed E-state index contributed by atoms with van der Waals surface area (Å²) in [7, 11) is 1.58. The number of phenolic OH excluding ortho intramolecular Hbond substituents is 1. The monoisotopic (exact) mass is 316 g/mol. The van der Waals surface area contributed by atoms with Gasteiger partial charge in [0, 0.05) is 32.9 Å². The lowest BCUT2D eigenvalue weighted by Gasteiger charge is -2.13. The normalized spacial score (nSPS) is 12.6. The van der Waals surface area contributed by atoms with Gasteiger partial charge in [0.1, 0.15) is 5.75 Å². The summed E-state index contributed by atoms with van der Waals surface area (Å²) >= 11 is 0. The Kier molecular flexibility index (Phi) is 2.41. The maximum atomic E-state index is 11.8. The molecule has 0 aliphatic rings. The van der Waals surface area contributed by atoms with Gasteiger partial charge in [-0.3, -0.25) is 0 Å². The van der Waals surface area contributed by atoms with Crippen LogP contribution >= 0.6 is 10.7 Å². The van der Waals surface area contributed by atoms with Crippen LogP contribution in [0.25, 0.3) is 32.3 Å². The maximum absolute atomic E-state index is 11.8. The van der Waals surface area contributed by atoms with Crippen molar-refractivity contribution >= 4 is 52.1 Å². The van der Waals surface area contributed by atoms with Crippen molar-refractivity contribution in [3.63, 3.8) is 0 Å². The van der Waals surface area contributed by atoms with Crippen molar-refractivity contribution in [2.45, 2.75) is 4.90 Å². The minimum Gasteiger partial charge on any atom is -0.507 e. The van der Waals surface area contributed by atoms with Crippen LogP contribution in [-0.4, -0.2) is 13.5 Å². The van der Waals surface area contributed by atoms with Crippen molar-refractivity contribution in [1.82, 2.24) is 0 Å².